The predicted molar refractivity (Wildman–Crippen MR) is 250 cm³/mol. The van der Waals surface area contributed by atoms with Crippen molar-refractivity contribution in [2.75, 3.05) is 0 Å². The number of fused-ring (bicyclic) bond motifs is 6. The number of rotatable bonds is 7. The van der Waals surface area contributed by atoms with Crippen LogP contribution >= 0.6 is 0 Å². The molecule has 0 aliphatic rings. The van der Waals surface area contributed by atoms with Gasteiger partial charge in [-0.2, -0.15) is 0 Å². The third-order valence-corrected chi connectivity index (χ3v) is 11.5. The first-order chi connectivity index (χ1) is 30.7. The highest BCUT2D eigenvalue weighted by atomic mass is 16.3. The quantitative estimate of drug-likeness (QED) is 0.160. The molecule has 7 heteroatoms. The predicted octanol–water partition coefficient (Wildman–Crippen LogP) is 13.7. The van der Waals surface area contributed by atoms with Crippen molar-refractivity contribution in [2.45, 2.75) is 0 Å². The van der Waals surface area contributed by atoms with Gasteiger partial charge in [-0.15, -0.1) is 0 Å². The molecule has 7 nitrogen and oxygen atoms in total. The van der Waals surface area contributed by atoms with Crippen molar-refractivity contribution in [2.24, 2.45) is 0 Å². The zero-order valence-corrected chi connectivity index (χ0v) is 33.2. The number of nitrogens with zero attached hydrogens (tertiary/aromatic N) is 6. The largest absolute Gasteiger partial charge is 0.452 e. The molecule has 4 heterocycles. The maximum absolute atomic E-state index is 6.68. The highest BCUT2D eigenvalue weighted by molar-refractivity contribution is 6.11. The average molecular weight is 795 g/mol. The average Bonchev–Trinajstić information content (AvgIpc) is 3.90. The van der Waals surface area contributed by atoms with Crippen molar-refractivity contribution in [1.82, 2.24) is 29.5 Å². The van der Waals surface area contributed by atoms with Crippen LogP contribution in [0, 0.1) is 0 Å². The van der Waals surface area contributed by atoms with Gasteiger partial charge in [0, 0.05) is 44.0 Å². The molecule has 12 aromatic rings. The number of para-hydroxylation sites is 3. The first-order valence-corrected chi connectivity index (χ1v) is 20.6. The van der Waals surface area contributed by atoms with E-state index in [-0.39, 0.29) is 0 Å². The van der Waals surface area contributed by atoms with Crippen LogP contribution in [0.5, 0.6) is 0 Å². The number of benzene rings is 8. The maximum atomic E-state index is 6.68. The Kier molecular flexibility index (Phi) is 8.35. The number of aromatic nitrogens is 6. The highest BCUT2D eigenvalue weighted by Crippen LogP contribution is 2.42. The molecule has 0 N–H and O–H groups in total. The van der Waals surface area contributed by atoms with Crippen LogP contribution in [0.3, 0.4) is 0 Å². The summed E-state index contributed by atoms with van der Waals surface area (Å²) in [6.07, 6.45) is 0. The lowest BCUT2D eigenvalue weighted by Gasteiger charge is -2.16. The molecule has 0 unspecified atom stereocenters. The molecule has 12 rings (SSSR count). The van der Waals surface area contributed by atoms with Crippen molar-refractivity contribution in [3.05, 3.63) is 206 Å². The molecule has 0 aliphatic carbocycles. The molecule has 0 fully saturated rings. The lowest BCUT2D eigenvalue weighted by atomic mass is 9.97. The standard InChI is InChI=1S/C55H34N6O/c1-4-18-35(19-5-1)39-24-10-11-27-42(39)49-51-50(43-28-14-17-31-48(43)62-51)57-55(56-49)44-34-38(32-33-47(44)61-45-29-15-12-25-40(45)41-26-13-16-30-46(41)61)54-59-52(36-20-6-2-7-21-36)58-53(60-54)37-22-8-3-9-23-37/h1-34H. The van der Waals surface area contributed by atoms with Gasteiger partial charge in [-0.25, -0.2) is 24.9 Å². The van der Waals surface area contributed by atoms with E-state index in [1.807, 2.05) is 84.9 Å². The summed E-state index contributed by atoms with van der Waals surface area (Å²) in [6, 6.07) is 70.4. The molecule has 0 aliphatic heterocycles. The van der Waals surface area contributed by atoms with E-state index < -0.39 is 0 Å². The van der Waals surface area contributed by atoms with E-state index in [4.69, 9.17) is 29.3 Å². The highest BCUT2D eigenvalue weighted by Gasteiger charge is 2.24. The smallest absolute Gasteiger partial charge is 0.180 e. The number of hydrogen-bond acceptors (Lipinski definition) is 6. The van der Waals surface area contributed by atoms with Gasteiger partial charge in [0.1, 0.15) is 16.8 Å². The van der Waals surface area contributed by atoms with E-state index in [9.17, 15) is 0 Å². The lowest BCUT2D eigenvalue weighted by Crippen LogP contribution is -2.03. The molecular formula is C55H34N6O. The van der Waals surface area contributed by atoms with Gasteiger partial charge in [-0.1, -0.05) is 164 Å². The second-order valence-electron chi connectivity index (χ2n) is 15.2. The van der Waals surface area contributed by atoms with E-state index in [1.165, 1.54) is 0 Å². The Labute approximate surface area is 356 Å². The lowest BCUT2D eigenvalue weighted by molar-refractivity contribution is 0.667. The molecule has 0 saturated carbocycles. The Hall–Kier alpha value is -8.55. The minimum absolute atomic E-state index is 0.539. The minimum atomic E-state index is 0.539. The van der Waals surface area contributed by atoms with Crippen LogP contribution in [0.1, 0.15) is 0 Å². The fourth-order valence-corrected chi connectivity index (χ4v) is 8.62. The molecular weight excluding hydrogens is 761 g/mol. The van der Waals surface area contributed by atoms with E-state index in [0.717, 1.165) is 82.9 Å². The van der Waals surface area contributed by atoms with Crippen LogP contribution in [0.25, 0.3) is 117 Å². The van der Waals surface area contributed by atoms with Crippen molar-refractivity contribution in [3.8, 4) is 73.6 Å². The summed E-state index contributed by atoms with van der Waals surface area (Å²) in [5.41, 5.74) is 12.4. The van der Waals surface area contributed by atoms with Gasteiger partial charge < -0.3 is 8.98 Å². The molecule has 0 amide bonds. The summed E-state index contributed by atoms with van der Waals surface area (Å²) >= 11 is 0. The molecule has 0 atom stereocenters. The van der Waals surface area contributed by atoms with Crippen LogP contribution in [-0.2, 0) is 0 Å². The Balaban J connectivity index is 1.18. The number of hydrogen-bond donors (Lipinski definition) is 0. The first-order valence-electron chi connectivity index (χ1n) is 20.6. The molecule has 0 saturated heterocycles. The fraction of sp³-hybridized carbons (Fsp3) is 0. The van der Waals surface area contributed by atoms with Crippen LogP contribution in [0.4, 0.5) is 0 Å². The van der Waals surface area contributed by atoms with Gasteiger partial charge in [0.05, 0.1) is 16.7 Å². The molecule has 290 valence electrons. The van der Waals surface area contributed by atoms with Gasteiger partial charge in [0.15, 0.2) is 28.9 Å². The van der Waals surface area contributed by atoms with Gasteiger partial charge in [0.2, 0.25) is 0 Å². The summed E-state index contributed by atoms with van der Waals surface area (Å²) in [5.74, 6) is 2.26. The molecule has 0 bridgehead atoms. The normalized spacial score (nSPS) is 11.5. The second-order valence-corrected chi connectivity index (χ2v) is 15.2. The molecule has 4 aromatic heterocycles. The summed E-state index contributed by atoms with van der Waals surface area (Å²) in [7, 11) is 0. The van der Waals surface area contributed by atoms with Crippen molar-refractivity contribution in [3.63, 3.8) is 0 Å². The van der Waals surface area contributed by atoms with E-state index >= 15 is 0 Å². The van der Waals surface area contributed by atoms with Crippen LogP contribution in [-0.4, -0.2) is 29.5 Å². The second kappa shape index (κ2) is 14.6. The SMILES string of the molecule is c1ccc(-c2nc(-c3ccccc3)nc(-c3ccc(-n4c5ccccc5c5ccccc54)c(-c4nc(-c5ccccc5-c5ccccc5)c5oc6ccccc6c5n4)c3)n2)cc1. The molecule has 62 heavy (non-hydrogen) atoms. The molecule has 0 spiro atoms. The van der Waals surface area contributed by atoms with Crippen molar-refractivity contribution < 1.29 is 4.42 Å². The topological polar surface area (TPSA) is 82.5 Å². The summed E-state index contributed by atoms with van der Waals surface area (Å²) in [4.78, 5) is 26.2. The minimum Gasteiger partial charge on any atom is -0.452 e. The van der Waals surface area contributed by atoms with Gasteiger partial charge in [-0.05, 0) is 53.6 Å². The van der Waals surface area contributed by atoms with E-state index in [2.05, 4.69) is 126 Å². The fourth-order valence-electron chi connectivity index (χ4n) is 8.62. The third-order valence-electron chi connectivity index (χ3n) is 11.5. The third kappa shape index (κ3) is 5.94. The summed E-state index contributed by atoms with van der Waals surface area (Å²) in [5, 5.41) is 3.23. The molecule has 0 radical (unpaired) electrons. The van der Waals surface area contributed by atoms with Crippen LogP contribution in [0.15, 0.2) is 211 Å². The van der Waals surface area contributed by atoms with Gasteiger partial charge >= 0.3 is 0 Å². The zero-order valence-electron chi connectivity index (χ0n) is 33.2. The Bertz CT molecular complexity index is 3520. The van der Waals surface area contributed by atoms with Gasteiger partial charge in [0.25, 0.3) is 0 Å². The summed E-state index contributed by atoms with van der Waals surface area (Å²) in [6.45, 7) is 0. The van der Waals surface area contributed by atoms with Crippen LogP contribution in [0.2, 0.25) is 0 Å². The van der Waals surface area contributed by atoms with E-state index in [0.29, 0.717) is 34.6 Å². The summed E-state index contributed by atoms with van der Waals surface area (Å²) < 4.78 is 9.00. The first kappa shape index (κ1) is 35.4. The number of furan rings is 1. The van der Waals surface area contributed by atoms with E-state index in [1.54, 1.807) is 0 Å². The van der Waals surface area contributed by atoms with Crippen molar-refractivity contribution in [1.29, 1.82) is 0 Å². The molecule has 8 aromatic carbocycles. The zero-order chi connectivity index (χ0) is 41.0. The maximum Gasteiger partial charge on any atom is 0.180 e. The Morgan fingerprint density at radius 2 is 0.839 bits per heavy atom. The van der Waals surface area contributed by atoms with Crippen molar-refractivity contribution >= 4 is 43.9 Å². The van der Waals surface area contributed by atoms with Gasteiger partial charge in [-0.3, -0.25) is 0 Å². The Morgan fingerprint density at radius 3 is 1.47 bits per heavy atom. The monoisotopic (exact) mass is 794 g/mol. The van der Waals surface area contributed by atoms with Crippen LogP contribution < -0.4 is 0 Å². The Morgan fingerprint density at radius 1 is 0.339 bits per heavy atom.